The lowest BCUT2D eigenvalue weighted by atomic mass is 10.0. The van der Waals surface area contributed by atoms with E-state index in [0.717, 1.165) is 40.6 Å². The molecule has 0 heterocycles. The van der Waals surface area contributed by atoms with E-state index in [9.17, 15) is 17.6 Å². The standard InChI is InChI=1S/C28H26FNO4S/c1-20(2)18-30(28(31)27-9-5-7-22-6-3-4-8-26(22)27)19-21-10-14-24(15-11-21)34-35(32,33)25-16-12-23(29)13-17-25/h3-17,20H,18-19H2,1-2H3. The first-order chi connectivity index (χ1) is 16.7. The Morgan fingerprint density at radius 3 is 2.23 bits per heavy atom. The van der Waals surface area contributed by atoms with E-state index >= 15 is 0 Å². The van der Waals surface area contributed by atoms with Crippen molar-refractivity contribution in [2.45, 2.75) is 25.3 Å². The Hall–Kier alpha value is -3.71. The summed E-state index contributed by atoms with van der Waals surface area (Å²) in [6, 6.07) is 24.5. The van der Waals surface area contributed by atoms with Crippen LogP contribution in [0.15, 0.2) is 95.9 Å². The molecular formula is C28H26FNO4S. The predicted molar refractivity (Wildman–Crippen MR) is 134 cm³/mol. The van der Waals surface area contributed by atoms with Gasteiger partial charge in [0.1, 0.15) is 16.5 Å². The smallest absolute Gasteiger partial charge is 0.339 e. The molecule has 0 atom stereocenters. The van der Waals surface area contributed by atoms with Crippen LogP contribution in [0.1, 0.15) is 29.8 Å². The molecule has 0 aliphatic rings. The summed E-state index contributed by atoms with van der Waals surface area (Å²) in [6.45, 7) is 5.05. The zero-order valence-corrected chi connectivity index (χ0v) is 20.3. The molecule has 4 aromatic rings. The summed E-state index contributed by atoms with van der Waals surface area (Å²) in [7, 11) is -4.08. The Kier molecular flexibility index (Phi) is 7.17. The van der Waals surface area contributed by atoms with Gasteiger partial charge in [0.25, 0.3) is 5.91 Å². The van der Waals surface area contributed by atoms with Crippen molar-refractivity contribution >= 4 is 26.8 Å². The molecule has 4 aromatic carbocycles. The molecule has 1 amide bonds. The molecule has 0 spiro atoms. The number of amides is 1. The first-order valence-corrected chi connectivity index (χ1v) is 12.7. The van der Waals surface area contributed by atoms with E-state index in [2.05, 4.69) is 13.8 Å². The largest absolute Gasteiger partial charge is 0.379 e. The zero-order chi connectivity index (χ0) is 25.0. The highest BCUT2D eigenvalue weighted by Gasteiger charge is 2.20. The van der Waals surface area contributed by atoms with Crippen molar-refractivity contribution in [2.75, 3.05) is 6.54 Å². The molecule has 0 aliphatic carbocycles. The van der Waals surface area contributed by atoms with Crippen LogP contribution in [0, 0.1) is 11.7 Å². The van der Waals surface area contributed by atoms with Crippen LogP contribution in [0.3, 0.4) is 0 Å². The third-order valence-corrected chi connectivity index (χ3v) is 6.76. The third kappa shape index (κ3) is 5.87. The minimum Gasteiger partial charge on any atom is -0.379 e. The van der Waals surface area contributed by atoms with E-state index in [0.29, 0.717) is 18.7 Å². The van der Waals surface area contributed by atoms with Crippen LogP contribution < -0.4 is 4.18 Å². The van der Waals surface area contributed by atoms with Crippen LogP contribution in [0.5, 0.6) is 5.75 Å². The highest BCUT2D eigenvalue weighted by molar-refractivity contribution is 7.87. The van der Waals surface area contributed by atoms with Gasteiger partial charge in [0.2, 0.25) is 0 Å². The topological polar surface area (TPSA) is 63.7 Å². The lowest BCUT2D eigenvalue weighted by molar-refractivity contribution is 0.0724. The average Bonchev–Trinajstić information content (AvgIpc) is 2.84. The Labute approximate surface area is 204 Å². The molecular weight excluding hydrogens is 465 g/mol. The van der Waals surface area contributed by atoms with Crippen molar-refractivity contribution in [1.29, 1.82) is 0 Å². The maximum Gasteiger partial charge on any atom is 0.339 e. The molecule has 0 radical (unpaired) electrons. The summed E-state index contributed by atoms with van der Waals surface area (Å²) in [4.78, 5) is 15.2. The van der Waals surface area contributed by atoms with Crippen LogP contribution in [-0.4, -0.2) is 25.8 Å². The summed E-state index contributed by atoms with van der Waals surface area (Å²) < 4.78 is 43.2. The highest BCUT2D eigenvalue weighted by Crippen LogP contribution is 2.23. The van der Waals surface area contributed by atoms with Gasteiger partial charge in [-0.15, -0.1) is 0 Å². The van der Waals surface area contributed by atoms with Crippen LogP contribution >= 0.6 is 0 Å². The molecule has 7 heteroatoms. The zero-order valence-electron chi connectivity index (χ0n) is 19.5. The van der Waals surface area contributed by atoms with Crippen LogP contribution in [0.4, 0.5) is 4.39 Å². The first kappa shape index (κ1) is 24.4. The third-order valence-electron chi connectivity index (χ3n) is 5.50. The quantitative estimate of drug-likeness (QED) is 0.282. The summed E-state index contributed by atoms with van der Waals surface area (Å²) in [5.41, 5.74) is 1.49. The number of fused-ring (bicyclic) bond motifs is 1. The van der Waals surface area contributed by atoms with Gasteiger partial charge >= 0.3 is 10.1 Å². The van der Waals surface area contributed by atoms with Crippen LogP contribution in [0.2, 0.25) is 0 Å². The normalized spacial score (nSPS) is 11.5. The van der Waals surface area contributed by atoms with Gasteiger partial charge in [0.15, 0.2) is 0 Å². The molecule has 0 aromatic heterocycles. The van der Waals surface area contributed by atoms with Crippen LogP contribution in [-0.2, 0) is 16.7 Å². The number of nitrogens with zero attached hydrogens (tertiary/aromatic N) is 1. The van der Waals surface area contributed by atoms with Gasteiger partial charge < -0.3 is 9.08 Å². The van der Waals surface area contributed by atoms with Crippen molar-refractivity contribution < 1.29 is 21.8 Å². The van der Waals surface area contributed by atoms with Crippen molar-refractivity contribution in [3.05, 3.63) is 108 Å². The Bertz CT molecular complexity index is 1430. The lowest BCUT2D eigenvalue weighted by Gasteiger charge is -2.25. The summed E-state index contributed by atoms with van der Waals surface area (Å²) in [5.74, 6) is -0.196. The van der Waals surface area contributed by atoms with E-state index in [1.165, 1.54) is 0 Å². The maximum absolute atomic E-state index is 13.5. The Balaban J connectivity index is 1.53. The van der Waals surface area contributed by atoms with Crippen molar-refractivity contribution in [2.24, 2.45) is 5.92 Å². The minimum absolute atomic E-state index is 0.0604. The fourth-order valence-electron chi connectivity index (χ4n) is 3.89. The van der Waals surface area contributed by atoms with E-state index in [4.69, 9.17) is 4.18 Å². The van der Waals surface area contributed by atoms with Crippen molar-refractivity contribution in [1.82, 2.24) is 4.90 Å². The molecule has 0 unspecified atom stereocenters. The van der Waals surface area contributed by atoms with Gasteiger partial charge in [-0.2, -0.15) is 8.42 Å². The number of halogens is 1. The predicted octanol–water partition coefficient (Wildman–Crippen LogP) is 6.05. The summed E-state index contributed by atoms with van der Waals surface area (Å²) in [5, 5.41) is 1.91. The molecule has 5 nitrogen and oxygen atoms in total. The molecule has 4 rings (SSSR count). The van der Waals surface area contributed by atoms with Gasteiger partial charge in [0, 0.05) is 18.7 Å². The molecule has 35 heavy (non-hydrogen) atoms. The Morgan fingerprint density at radius 2 is 1.54 bits per heavy atom. The van der Waals surface area contributed by atoms with Gasteiger partial charge in [0.05, 0.1) is 0 Å². The van der Waals surface area contributed by atoms with Crippen molar-refractivity contribution in [3.63, 3.8) is 0 Å². The second-order valence-corrected chi connectivity index (χ2v) is 10.3. The second kappa shape index (κ2) is 10.3. The number of hydrogen-bond donors (Lipinski definition) is 0. The van der Waals surface area contributed by atoms with E-state index in [-0.39, 0.29) is 22.5 Å². The van der Waals surface area contributed by atoms with Crippen LogP contribution in [0.25, 0.3) is 10.8 Å². The number of rotatable bonds is 8. The van der Waals surface area contributed by atoms with E-state index in [1.807, 2.05) is 42.5 Å². The van der Waals surface area contributed by atoms with Crippen molar-refractivity contribution in [3.8, 4) is 5.75 Å². The number of carbonyl (C=O) groups is 1. The lowest BCUT2D eigenvalue weighted by Crippen LogP contribution is -2.33. The maximum atomic E-state index is 13.5. The summed E-state index contributed by atoms with van der Waals surface area (Å²) >= 11 is 0. The average molecular weight is 492 g/mol. The summed E-state index contributed by atoms with van der Waals surface area (Å²) in [6.07, 6.45) is 0. The fourth-order valence-corrected chi connectivity index (χ4v) is 4.82. The Morgan fingerprint density at radius 1 is 0.886 bits per heavy atom. The molecule has 0 N–H and O–H groups in total. The SMILES string of the molecule is CC(C)CN(Cc1ccc(OS(=O)(=O)c2ccc(F)cc2)cc1)C(=O)c1cccc2ccccc12. The number of hydrogen-bond acceptors (Lipinski definition) is 4. The highest BCUT2D eigenvalue weighted by atomic mass is 32.2. The minimum atomic E-state index is -4.08. The molecule has 180 valence electrons. The molecule has 0 saturated heterocycles. The molecule has 0 aliphatic heterocycles. The van der Waals surface area contributed by atoms with Gasteiger partial charge in [-0.05, 0) is 64.7 Å². The van der Waals surface area contributed by atoms with E-state index < -0.39 is 15.9 Å². The number of benzene rings is 4. The molecule has 0 fully saturated rings. The first-order valence-electron chi connectivity index (χ1n) is 11.3. The van der Waals surface area contributed by atoms with E-state index in [1.54, 1.807) is 29.2 Å². The molecule has 0 bridgehead atoms. The monoisotopic (exact) mass is 491 g/mol. The van der Waals surface area contributed by atoms with Gasteiger partial charge in [-0.3, -0.25) is 4.79 Å². The number of carbonyl (C=O) groups excluding carboxylic acids is 1. The van der Waals surface area contributed by atoms with Gasteiger partial charge in [-0.25, -0.2) is 4.39 Å². The molecule has 0 saturated carbocycles. The van der Waals surface area contributed by atoms with Gasteiger partial charge in [-0.1, -0.05) is 62.4 Å². The second-order valence-electron chi connectivity index (χ2n) is 8.74. The fraction of sp³-hybridized carbons (Fsp3) is 0.179.